The predicted molar refractivity (Wildman–Crippen MR) is 88.0 cm³/mol. The van der Waals surface area contributed by atoms with Gasteiger partial charge in [0.05, 0.1) is 7.05 Å². The molecular formula is C19H26NO+. The van der Waals surface area contributed by atoms with Crippen LogP contribution in [0.15, 0.2) is 60.7 Å². The maximum atomic E-state index is 6.24. The van der Waals surface area contributed by atoms with Crippen molar-refractivity contribution >= 4 is 5.69 Å². The summed E-state index contributed by atoms with van der Waals surface area (Å²) < 4.78 is 6.24. The second kappa shape index (κ2) is 8.48. The van der Waals surface area contributed by atoms with Crippen molar-refractivity contribution in [3.05, 3.63) is 60.7 Å². The number of hydrogen-bond acceptors (Lipinski definition) is 1. The van der Waals surface area contributed by atoms with E-state index in [2.05, 4.69) is 44.3 Å². The van der Waals surface area contributed by atoms with E-state index in [-0.39, 0.29) is 6.23 Å². The smallest absolute Gasteiger partial charge is 0.236 e. The van der Waals surface area contributed by atoms with Crippen molar-refractivity contribution in [1.82, 2.24) is 0 Å². The minimum atomic E-state index is 0.154. The number of quaternary nitrogens is 1. The van der Waals surface area contributed by atoms with Crippen molar-refractivity contribution in [3.8, 4) is 5.75 Å². The molecule has 0 aliphatic rings. The Labute approximate surface area is 128 Å². The van der Waals surface area contributed by atoms with E-state index >= 15 is 0 Å². The van der Waals surface area contributed by atoms with E-state index in [0.717, 1.165) is 12.2 Å². The first-order chi connectivity index (χ1) is 10.3. The van der Waals surface area contributed by atoms with Crippen LogP contribution in [0, 0.1) is 0 Å². The van der Waals surface area contributed by atoms with Crippen molar-refractivity contribution < 1.29 is 9.64 Å². The summed E-state index contributed by atoms with van der Waals surface area (Å²) in [5.41, 5.74) is 1.27. The zero-order chi connectivity index (χ0) is 14.9. The van der Waals surface area contributed by atoms with Gasteiger partial charge in [-0.2, -0.15) is 0 Å². The lowest BCUT2D eigenvalue weighted by molar-refractivity contribution is -0.862. The first-order valence-corrected chi connectivity index (χ1v) is 7.92. The fraction of sp³-hybridized carbons (Fsp3) is 0.368. The van der Waals surface area contributed by atoms with Gasteiger partial charge in [0.25, 0.3) is 0 Å². The highest BCUT2D eigenvalue weighted by Gasteiger charge is 2.21. The van der Waals surface area contributed by atoms with Crippen LogP contribution in [0.3, 0.4) is 0 Å². The van der Waals surface area contributed by atoms with Gasteiger partial charge in [0.2, 0.25) is 6.23 Å². The van der Waals surface area contributed by atoms with Gasteiger partial charge in [0.15, 0.2) is 0 Å². The number of rotatable bonds is 8. The van der Waals surface area contributed by atoms with Crippen LogP contribution in [-0.2, 0) is 0 Å². The molecule has 2 atom stereocenters. The molecule has 0 aliphatic carbocycles. The lowest BCUT2D eigenvalue weighted by Crippen LogP contribution is -3.09. The van der Waals surface area contributed by atoms with Crippen molar-refractivity contribution in [3.63, 3.8) is 0 Å². The molecule has 2 rings (SSSR count). The zero-order valence-corrected chi connectivity index (χ0v) is 13.1. The van der Waals surface area contributed by atoms with Crippen molar-refractivity contribution in [2.75, 3.05) is 7.05 Å². The Morgan fingerprint density at radius 2 is 1.52 bits per heavy atom. The van der Waals surface area contributed by atoms with Crippen LogP contribution in [0.1, 0.15) is 32.6 Å². The van der Waals surface area contributed by atoms with E-state index in [1.807, 2.05) is 30.3 Å². The van der Waals surface area contributed by atoms with Gasteiger partial charge in [-0.15, -0.1) is 0 Å². The molecule has 0 fully saturated rings. The summed E-state index contributed by atoms with van der Waals surface area (Å²) in [5.74, 6) is 0.953. The number of para-hydroxylation sites is 2. The van der Waals surface area contributed by atoms with E-state index in [1.165, 1.54) is 29.8 Å². The summed E-state index contributed by atoms with van der Waals surface area (Å²) in [6.07, 6.45) is 4.93. The highest BCUT2D eigenvalue weighted by atomic mass is 16.5. The fourth-order valence-corrected chi connectivity index (χ4v) is 2.49. The summed E-state index contributed by atoms with van der Waals surface area (Å²) in [7, 11) is 2.19. The molecule has 0 heterocycles. The molecule has 0 aliphatic heterocycles. The third kappa shape index (κ3) is 4.91. The normalized spacial score (nSPS) is 13.6. The fourth-order valence-electron chi connectivity index (χ4n) is 2.49. The lowest BCUT2D eigenvalue weighted by atomic mass is 10.1. The summed E-state index contributed by atoms with van der Waals surface area (Å²) >= 11 is 0. The van der Waals surface area contributed by atoms with Gasteiger partial charge in [0, 0.05) is 6.42 Å². The number of hydrogen-bond donors (Lipinski definition) is 1. The first-order valence-electron chi connectivity index (χ1n) is 7.92. The topological polar surface area (TPSA) is 13.7 Å². The molecule has 0 saturated heterocycles. The maximum Gasteiger partial charge on any atom is 0.236 e. The molecule has 0 saturated carbocycles. The van der Waals surface area contributed by atoms with Crippen LogP contribution in [0.4, 0.5) is 5.69 Å². The SMILES string of the molecule is CCCCCC(Oc1ccccc1)[NH+](C)c1ccccc1. The van der Waals surface area contributed by atoms with Gasteiger partial charge >= 0.3 is 0 Å². The van der Waals surface area contributed by atoms with E-state index in [9.17, 15) is 0 Å². The number of unbranched alkanes of at least 4 members (excludes halogenated alkanes) is 2. The molecule has 21 heavy (non-hydrogen) atoms. The van der Waals surface area contributed by atoms with Crippen molar-refractivity contribution in [1.29, 1.82) is 0 Å². The van der Waals surface area contributed by atoms with E-state index < -0.39 is 0 Å². The Morgan fingerprint density at radius 3 is 2.14 bits per heavy atom. The quantitative estimate of drug-likeness (QED) is 0.575. The Morgan fingerprint density at radius 1 is 0.905 bits per heavy atom. The first kappa shape index (κ1) is 15.6. The van der Waals surface area contributed by atoms with Gasteiger partial charge < -0.3 is 4.74 Å². The monoisotopic (exact) mass is 284 g/mol. The minimum absolute atomic E-state index is 0.154. The summed E-state index contributed by atoms with van der Waals surface area (Å²) in [6, 6.07) is 20.7. The van der Waals surface area contributed by atoms with Crippen LogP contribution in [0.25, 0.3) is 0 Å². The van der Waals surface area contributed by atoms with Gasteiger partial charge in [-0.3, -0.25) is 4.90 Å². The van der Waals surface area contributed by atoms with Crippen LogP contribution in [0.5, 0.6) is 5.75 Å². The summed E-state index contributed by atoms with van der Waals surface area (Å²) in [5, 5.41) is 0. The van der Waals surface area contributed by atoms with Crippen LogP contribution >= 0.6 is 0 Å². The highest BCUT2D eigenvalue weighted by Crippen LogP contribution is 2.13. The maximum absolute atomic E-state index is 6.24. The highest BCUT2D eigenvalue weighted by molar-refractivity contribution is 5.28. The van der Waals surface area contributed by atoms with Gasteiger partial charge in [-0.25, -0.2) is 0 Å². The van der Waals surface area contributed by atoms with Crippen LogP contribution in [-0.4, -0.2) is 13.3 Å². The number of benzene rings is 2. The van der Waals surface area contributed by atoms with Crippen molar-refractivity contribution in [2.24, 2.45) is 0 Å². The Hall–Kier alpha value is -1.80. The standard InChI is InChI=1S/C19H25NO/c1-3-4-7-16-19(21-18-14-10-6-11-15-18)20(2)17-12-8-5-9-13-17/h5-6,8-15,19H,3-4,7,16H2,1-2H3/p+1. The predicted octanol–water partition coefficient (Wildman–Crippen LogP) is 3.82. The number of nitrogens with one attached hydrogen (secondary N) is 1. The summed E-state index contributed by atoms with van der Waals surface area (Å²) in [6.45, 7) is 2.24. The van der Waals surface area contributed by atoms with Crippen molar-refractivity contribution in [2.45, 2.75) is 38.8 Å². The Kier molecular flexibility index (Phi) is 6.29. The molecule has 0 aromatic heterocycles. The van der Waals surface area contributed by atoms with E-state index in [4.69, 9.17) is 4.74 Å². The molecule has 0 spiro atoms. The second-order valence-corrected chi connectivity index (χ2v) is 5.46. The Balaban J connectivity index is 2.07. The van der Waals surface area contributed by atoms with E-state index in [1.54, 1.807) is 0 Å². The average molecular weight is 284 g/mol. The largest absolute Gasteiger partial charge is 0.442 e. The molecule has 2 unspecified atom stereocenters. The second-order valence-electron chi connectivity index (χ2n) is 5.46. The van der Waals surface area contributed by atoms with Gasteiger partial charge in [0.1, 0.15) is 11.4 Å². The molecular weight excluding hydrogens is 258 g/mol. The molecule has 2 aromatic rings. The molecule has 0 radical (unpaired) electrons. The lowest BCUT2D eigenvalue weighted by Gasteiger charge is -2.25. The molecule has 1 N–H and O–H groups in total. The third-order valence-corrected chi connectivity index (χ3v) is 3.80. The minimum Gasteiger partial charge on any atom is -0.442 e. The summed E-state index contributed by atoms with van der Waals surface area (Å²) in [4.78, 5) is 1.32. The van der Waals surface area contributed by atoms with Gasteiger partial charge in [-0.1, -0.05) is 56.2 Å². The van der Waals surface area contributed by atoms with Gasteiger partial charge in [-0.05, 0) is 30.7 Å². The molecule has 2 heteroatoms. The molecule has 2 aromatic carbocycles. The third-order valence-electron chi connectivity index (χ3n) is 3.80. The van der Waals surface area contributed by atoms with Crippen LogP contribution in [0.2, 0.25) is 0 Å². The Bertz CT molecular complexity index is 497. The average Bonchev–Trinajstić information content (AvgIpc) is 2.55. The molecule has 0 bridgehead atoms. The molecule has 0 amide bonds. The van der Waals surface area contributed by atoms with E-state index in [0.29, 0.717) is 0 Å². The van der Waals surface area contributed by atoms with Crippen LogP contribution < -0.4 is 9.64 Å². The molecule has 2 nitrogen and oxygen atoms in total. The number of ether oxygens (including phenoxy) is 1. The zero-order valence-electron chi connectivity index (χ0n) is 13.1. The molecule has 112 valence electrons.